The summed E-state index contributed by atoms with van der Waals surface area (Å²) in [5.74, 6) is -1.83. The van der Waals surface area contributed by atoms with Gasteiger partial charge in [0.05, 0.1) is 0 Å². The van der Waals surface area contributed by atoms with Gasteiger partial charge >= 0.3 is 11.9 Å². The maximum absolute atomic E-state index is 10.6. The molecule has 0 aliphatic rings. The van der Waals surface area contributed by atoms with Crippen LogP contribution in [-0.4, -0.2) is 51.2 Å². The van der Waals surface area contributed by atoms with Crippen molar-refractivity contribution in [2.75, 3.05) is 13.2 Å². The van der Waals surface area contributed by atoms with Crippen LogP contribution in [0, 0.1) is 0 Å². The minimum atomic E-state index is -1.26. The molecular weight excluding hydrogens is 484 g/mol. The standard InChI is InChI=1S/C22H22N2O3S.C4H4O4/c1-22(25,14-23-13-16-6-3-2-4-7-16)15-26-18-9-5-8-17(12-18)20-21-19(27-24-20)10-11-28-21;5-3(6)1-2-4(7)8/h2-12,23,25H,13-15H2,1H3;1-2H,(H,5,6)(H,7,8)/t22-;/m1./s1. The second-order valence-corrected chi connectivity index (χ2v) is 8.97. The van der Waals surface area contributed by atoms with E-state index in [1.807, 2.05) is 53.9 Å². The minimum absolute atomic E-state index is 0.186. The number of carboxylic acid groups (broad SMARTS) is 2. The van der Waals surface area contributed by atoms with E-state index in [4.69, 9.17) is 19.5 Å². The quantitative estimate of drug-likeness (QED) is 0.231. The molecule has 2 heterocycles. The van der Waals surface area contributed by atoms with Crippen molar-refractivity contribution in [2.24, 2.45) is 0 Å². The molecule has 2 aromatic heterocycles. The van der Waals surface area contributed by atoms with Crippen LogP contribution >= 0.6 is 11.3 Å². The van der Waals surface area contributed by atoms with Crippen LogP contribution in [0.15, 0.2) is 82.7 Å². The van der Waals surface area contributed by atoms with Crippen LogP contribution in [0.1, 0.15) is 12.5 Å². The summed E-state index contributed by atoms with van der Waals surface area (Å²) >= 11 is 1.60. The first kappa shape index (κ1) is 26.6. The Morgan fingerprint density at radius 3 is 2.50 bits per heavy atom. The third-order valence-electron chi connectivity index (χ3n) is 4.78. The Labute approximate surface area is 211 Å². The van der Waals surface area contributed by atoms with Crippen molar-refractivity contribution in [1.29, 1.82) is 0 Å². The lowest BCUT2D eigenvalue weighted by atomic mass is 10.1. The summed E-state index contributed by atoms with van der Waals surface area (Å²) < 4.78 is 12.2. The number of nitrogens with zero attached hydrogens (tertiary/aromatic N) is 1. The zero-order valence-corrected chi connectivity index (χ0v) is 20.3. The fourth-order valence-corrected chi connectivity index (χ4v) is 3.92. The van der Waals surface area contributed by atoms with Crippen molar-refractivity contribution in [3.63, 3.8) is 0 Å². The van der Waals surface area contributed by atoms with Crippen molar-refractivity contribution in [1.82, 2.24) is 10.5 Å². The van der Waals surface area contributed by atoms with Gasteiger partial charge < -0.3 is 29.9 Å². The molecule has 188 valence electrons. The van der Waals surface area contributed by atoms with Gasteiger partial charge in [-0.2, -0.15) is 0 Å². The highest BCUT2D eigenvalue weighted by molar-refractivity contribution is 7.17. The van der Waals surface area contributed by atoms with Crippen molar-refractivity contribution < 1.29 is 34.2 Å². The fraction of sp³-hybridized carbons (Fsp3) is 0.192. The molecule has 0 aliphatic carbocycles. The number of aromatic nitrogens is 1. The molecule has 0 unspecified atom stereocenters. The minimum Gasteiger partial charge on any atom is -0.491 e. The number of benzene rings is 2. The highest BCUT2D eigenvalue weighted by atomic mass is 32.1. The first-order chi connectivity index (χ1) is 17.2. The topological polar surface area (TPSA) is 142 Å². The number of fused-ring (bicyclic) bond motifs is 1. The second kappa shape index (κ2) is 12.6. The van der Waals surface area contributed by atoms with E-state index in [1.54, 1.807) is 18.3 Å². The summed E-state index contributed by atoms with van der Waals surface area (Å²) in [6.45, 7) is 3.09. The molecule has 1 atom stereocenters. The number of hydrogen-bond donors (Lipinski definition) is 4. The zero-order chi connectivity index (χ0) is 26.0. The number of aliphatic hydroxyl groups is 1. The summed E-state index contributed by atoms with van der Waals surface area (Å²) in [6.07, 6.45) is 1.12. The van der Waals surface area contributed by atoms with E-state index in [1.165, 1.54) is 5.56 Å². The Morgan fingerprint density at radius 2 is 1.81 bits per heavy atom. The molecule has 0 spiro atoms. The SMILES string of the molecule is C[C@@](O)(CNCc1ccccc1)COc1cccc(-c2noc3ccsc23)c1.O=C(O)C=CC(=O)O. The average Bonchev–Trinajstić information content (AvgIpc) is 3.47. The third-order valence-corrected chi connectivity index (χ3v) is 5.69. The van der Waals surface area contributed by atoms with Crippen LogP contribution in [0.3, 0.4) is 0 Å². The van der Waals surface area contributed by atoms with Gasteiger partial charge in [-0.15, -0.1) is 11.3 Å². The molecule has 10 heteroatoms. The number of carboxylic acids is 2. The number of carbonyl (C=O) groups is 2. The van der Waals surface area contributed by atoms with Gasteiger partial charge in [-0.1, -0.05) is 47.6 Å². The molecule has 4 rings (SSSR count). The Balaban J connectivity index is 0.000000392. The lowest BCUT2D eigenvalue weighted by Crippen LogP contribution is -2.42. The Hall–Kier alpha value is -3.99. The van der Waals surface area contributed by atoms with Crippen LogP contribution in [-0.2, 0) is 16.1 Å². The highest BCUT2D eigenvalue weighted by Crippen LogP contribution is 2.33. The second-order valence-electron chi connectivity index (χ2n) is 8.06. The molecule has 0 saturated heterocycles. The first-order valence-corrected chi connectivity index (χ1v) is 11.8. The van der Waals surface area contributed by atoms with Gasteiger partial charge in [-0.3, -0.25) is 0 Å². The molecule has 0 aliphatic heterocycles. The molecule has 4 N–H and O–H groups in total. The van der Waals surface area contributed by atoms with Crippen molar-refractivity contribution in [3.8, 4) is 17.0 Å². The maximum atomic E-state index is 10.6. The van der Waals surface area contributed by atoms with E-state index in [0.29, 0.717) is 31.0 Å². The average molecular weight is 511 g/mol. The van der Waals surface area contributed by atoms with E-state index in [2.05, 4.69) is 22.6 Å². The van der Waals surface area contributed by atoms with E-state index in [9.17, 15) is 14.7 Å². The predicted octanol–water partition coefficient (Wildman–Crippen LogP) is 4.19. The van der Waals surface area contributed by atoms with Crippen LogP contribution < -0.4 is 10.1 Å². The predicted molar refractivity (Wildman–Crippen MR) is 136 cm³/mol. The van der Waals surface area contributed by atoms with Crippen molar-refractivity contribution >= 4 is 33.6 Å². The van der Waals surface area contributed by atoms with E-state index in [-0.39, 0.29) is 6.61 Å². The number of thiophene rings is 1. The Morgan fingerprint density at radius 1 is 1.08 bits per heavy atom. The molecular formula is C26H26N2O7S. The molecule has 0 amide bonds. The molecule has 0 saturated carbocycles. The molecule has 0 bridgehead atoms. The molecule has 36 heavy (non-hydrogen) atoms. The normalized spacial score (nSPS) is 12.6. The molecule has 2 aromatic carbocycles. The molecule has 4 aromatic rings. The van der Waals surface area contributed by atoms with Crippen LogP contribution in [0.2, 0.25) is 0 Å². The van der Waals surface area contributed by atoms with Gasteiger partial charge in [0.15, 0.2) is 5.58 Å². The van der Waals surface area contributed by atoms with Gasteiger partial charge in [0.1, 0.15) is 28.4 Å². The lowest BCUT2D eigenvalue weighted by molar-refractivity contribution is -0.134. The number of rotatable bonds is 10. The summed E-state index contributed by atoms with van der Waals surface area (Å²) in [5.41, 5.74) is 2.73. The monoisotopic (exact) mass is 510 g/mol. The van der Waals surface area contributed by atoms with Crippen molar-refractivity contribution in [3.05, 3.63) is 83.8 Å². The highest BCUT2D eigenvalue weighted by Gasteiger charge is 2.21. The van der Waals surface area contributed by atoms with Gasteiger partial charge in [-0.05, 0) is 36.1 Å². The molecule has 0 fully saturated rings. The Bertz CT molecular complexity index is 1300. The number of ether oxygens (including phenoxy) is 1. The lowest BCUT2D eigenvalue weighted by Gasteiger charge is -2.24. The van der Waals surface area contributed by atoms with Crippen LogP contribution in [0.4, 0.5) is 0 Å². The fourth-order valence-electron chi connectivity index (χ4n) is 3.10. The number of nitrogens with one attached hydrogen (secondary N) is 1. The first-order valence-electron chi connectivity index (χ1n) is 10.9. The van der Waals surface area contributed by atoms with Crippen molar-refractivity contribution in [2.45, 2.75) is 19.1 Å². The van der Waals surface area contributed by atoms with Gasteiger partial charge in [0.2, 0.25) is 0 Å². The summed E-state index contributed by atoms with van der Waals surface area (Å²) in [5, 5.41) is 35.7. The van der Waals surface area contributed by atoms with Crippen LogP contribution in [0.25, 0.3) is 21.5 Å². The van der Waals surface area contributed by atoms with E-state index < -0.39 is 17.5 Å². The Kier molecular flexibility index (Phi) is 9.34. The number of hydrogen-bond acceptors (Lipinski definition) is 8. The third kappa shape index (κ3) is 8.35. The molecule has 9 nitrogen and oxygen atoms in total. The summed E-state index contributed by atoms with van der Waals surface area (Å²) in [7, 11) is 0. The van der Waals surface area contributed by atoms with E-state index >= 15 is 0 Å². The summed E-state index contributed by atoms with van der Waals surface area (Å²) in [6, 6.07) is 19.7. The molecule has 0 radical (unpaired) electrons. The zero-order valence-electron chi connectivity index (χ0n) is 19.5. The van der Waals surface area contributed by atoms with Gasteiger partial charge in [-0.25, -0.2) is 9.59 Å². The van der Waals surface area contributed by atoms with E-state index in [0.717, 1.165) is 21.5 Å². The summed E-state index contributed by atoms with van der Waals surface area (Å²) in [4.78, 5) is 19.1. The van der Waals surface area contributed by atoms with Gasteiger partial charge in [0, 0.05) is 30.8 Å². The maximum Gasteiger partial charge on any atom is 0.328 e. The smallest absolute Gasteiger partial charge is 0.328 e. The van der Waals surface area contributed by atoms with Crippen LogP contribution in [0.5, 0.6) is 5.75 Å². The van der Waals surface area contributed by atoms with Gasteiger partial charge in [0.25, 0.3) is 0 Å². The number of aliphatic carboxylic acids is 2. The largest absolute Gasteiger partial charge is 0.491 e.